The third-order valence-electron chi connectivity index (χ3n) is 9.21. The Kier molecular flexibility index (Phi) is 7.36. The van der Waals surface area contributed by atoms with Gasteiger partial charge in [-0.2, -0.15) is 0 Å². The SMILES string of the molecule is CN(CCN1C(=O)c2cccc3cccc(c23)C1=O)CCC(C)(C)N(C)CCN1C(=O)c2cccc3cccc(c23)C1=O. The minimum Gasteiger partial charge on any atom is -0.305 e. The molecule has 4 aromatic rings. The summed E-state index contributed by atoms with van der Waals surface area (Å²) in [4.78, 5) is 60.1. The summed E-state index contributed by atoms with van der Waals surface area (Å²) in [5.74, 6) is -0.992. The van der Waals surface area contributed by atoms with Crippen LogP contribution in [0.4, 0.5) is 0 Å². The number of carbonyl (C=O) groups excluding carboxylic acids is 4. The lowest BCUT2D eigenvalue weighted by atomic mass is 9.94. The van der Waals surface area contributed by atoms with Gasteiger partial charge in [-0.1, -0.05) is 48.5 Å². The molecule has 0 unspecified atom stereocenters. The molecule has 220 valence electrons. The zero-order chi connectivity index (χ0) is 30.5. The topological polar surface area (TPSA) is 81.2 Å². The first kappa shape index (κ1) is 28.7. The Morgan fingerprint density at radius 1 is 0.558 bits per heavy atom. The van der Waals surface area contributed by atoms with E-state index in [9.17, 15) is 19.2 Å². The molecule has 0 N–H and O–H groups in total. The largest absolute Gasteiger partial charge is 0.305 e. The number of imide groups is 2. The van der Waals surface area contributed by atoms with E-state index in [0.29, 0.717) is 48.4 Å². The van der Waals surface area contributed by atoms with Crippen LogP contribution in [-0.4, -0.2) is 95.6 Å². The molecule has 0 bridgehead atoms. The number of hydrogen-bond acceptors (Lipinski definition) is 6. The monoisotopic (exact) mass is 576 g/mol. The van der Waals surface area contributed by atoms with E-state index in [1.165, 1.54) is 9.80 Å². The van der Waals surface area contributed by atoms with Gasteiger partial charge >= 0.3 is 0 Å². The van der Waals surface area contributed by atoms with Gasteiger partial charge in [0.05, 0.1) is 0 Å². The molecule has 0 aliphatic carbocycles. The van der Waals surface area contributed by atoms with Crippen molar-refractivity contribution in [1.82, 2.24) is 19.6 Å². The average Bonchev–Trinajstić information content (AvgIpc) is 3.01. The summed E-state index contributed by atoms with van der Waals surface area (Å²) in [6.07, 6.45) is 0.814. The molecule has 8 nitrogen and oxygen atoms in total. The highest BCUT2D eigenvalue weighted by Crippen LogP contribution is 2.31. The molecule has 0 saturated carbocycles. The molecule has 4 amide bonds. The second-order valence-corrected chi connectivity index (χ2v) is 12.2. The standard InChI is InChI=1S/C35H36N4O4/c1-35(2,37(4)20-22-39-33(42)27-15-7-11-24-12-8-16-28(30(24)27)34(39)43)17-18-36(3)19-21-38-31(40)25-13-5-9-23-10-6-14-26(29(23)25)32(38)41/h5-16H,17-22H2,1-4H3. The Labute approximate surface area is 251 Å². The second-order valence-electron chi connectivity index (χ2n) is 12.2. The van der Waals surface area contributed by atoms with Crippen LogP contribution in [0.5, 0.6) is 0 Å². The molecule has 6 rings (SSSR count). The molecule has 0 fully saturated rings. The van der Waals surface area contributed by atoms with Crippen molar-refractivity contribution < 1.29 is 19.2 Å². The molecule has 2 heterocycles. The third kappa shape index (κ3) is 5.00. The minimum absolute atomic E-state index is 0.223. The molecule has 0 saturated heterocycles. The highest BCUT2D eigenvalue weighted by Gasteiger charge is 2.35. The number of benzene rings is 4. The first-order valence-corrected chi connectivity index (χ1v) is 14.7. The fraction of sp³-hybridized carbons (Fsp3) is 0.314. The molecule has 2 aliphatic rings. The maximum Gasteiger partial charge on any atom is 0.261 e. The van der Waals surface area contributed by atoms with Crippen LogP contribution < -0.4 is 0 Å². The second kappa shape index (κ2) is 11.0. The van der Waals surface area contributed by atoms with Crippen LogP contribution in [0.25, 0.3) is 21.5 Å². The Morgan fingerprint density at radius 2 is 0.930 bits per heavy atom. The lowest BCUT2D eigenvalue weighted by molar-refractivity contribution is 0.0558. The fourth-order valence-electron chi connectivity index (χ4n) is 6.16. The van der Waals surface area contributed by atoms with E-state index in [-0.39, 0.29) is 29.2 Å². The number of rotatable bonds is 10. The highest BCUT2D eigenvalue weighted by atomic mass is 16.2. The smallest absolute Gasteiger partial charge is 0.261 e. The molecule has 0 aromatic heterocycles. The Balaban J connectivity index is 1.04. The van der Waals surface area contributed by atoms with Gasteiger partial charge in [0, 0.05) is 64.7 Å². The zero-order valence-electron chi connectivity index (χ0n) is 25.1. The zero-order valence-corrected chi connectivity index (χ0v) is 25.1. The quantitative estimate of drug-likeness (QED) is 0.250. The van der Waals surface area contributed by atoms with Crippen molar-refractivity contribution in [2.45, 2.75) is 25.8 Å². The number of likely N-dealkylation sites (N-methyl/N-ethyl adjacent to an activating group) is 2. The molecular weight excluding hydrogens is 540 g/mol. The normalized spacial score (nSPS) is 15.1. The summed E-state index contributed by atoms with van der Waals surface area (Å²) in [5.41, 5.74) is 2.07. The molecule has 2 aliphatic heterocycles. The van der Waals surface area contributed by atoms with Gasteiger partial charge in [0.15, 0.2) is 0 Å². The van der Waals surface area contributed by atoms with Gasteiger partial charge in [0.1, 0.15) is 0 Å². The molecular formula is C35H36N4O4. The molecule has 8 heteroatoms. The lowest BCUT2D eigenvalue weighted by Gasteiger charge is -2.38. The number of hydrogen-bond donors (Lipinski definition) is 0. The van der Waals surface area contributed by atoms with Gasteiger partial charge in [-0.3, -0.25) is 33.9 Å². The number of carbonyl (C=O) groups is 4. The Bertz CT molecular complexity index is 1690. The van der Waals surface area contributed by atoms with E-state index >= 15 is 0 Å². The van der Waals surface area contributed by atoms with Crippen LogP contribution in [0.2, 0.25) is 0 Å². The molecule has 0 spiro atoms. The van der Waals surface area contributed by atoms with Crippen molar-refractivity contribution in [2.24, 2.45) is 0 Å². The fourth-order valence-corrected chi connectivity index (χ4v) is 6.16. The Hall–Kier alpha value is -4.40. The predicted octanol–water partition coefficient (Wildman–Crippen LogP) is 4.92. The van der Waals surface area contributed by atoms with Crippen LogP contribution in [-0.2, 0) is 0 Å². The highest BCUT2D eigenvalue weighted by molar-refractivity contribution is 6.26. The van der Waals surface area contributed by atoms with Crippen LogP contribution >= 0.6 is 0 Å². The summed E-state index contributed by atoms with van der Waals surface area (Å²) in [5, 5.41) is 3.27. The number of amides is 4. The van der Waals surface area contributed by atoms with E-state index in [1.54, 1.807) is 24.3 Å². The minimum atomic E-state index is -0.249. The van der Waals surface area contributed by atoms with Crippen molar-refractivity contribution in [3.05, 3.63) is 95.1 Å². The summed E-state index contributed by atoms with van der Waals surface area (Å²) in [6, 6.07) is 22.3. The van der Waals surface area contributed by atoms with Crippen molar-refractivity contribution >= 4 is 45.2 Å². The maximum absolute atomic E-state index is 13.3. The van der Waals surface area contributed by atoms with Crippen LogP contribution in [0, 0.1) is 0 Å². The van der Waals surface area contributed by atoms with E-state index < -0.39 is 0 Å². The van der Waals surface area contributed by atoms with Gasteiger partial charge in [-0.05, 0) is 75.9 Å². The van der Waals surface area contributed by atoms with Gasteiger partial charge in [0.25, 0.3) is 23.6 Å². The lowest BCUT2D eigenvalue weighted by Crippen LogP contribution is -2.49. The summed E-state index contributed by atoms with van der Waals surface area (Å²) < 4.78 is 0. The predicted molar refractivity (Wildman–Crippen MR) is 167 cm³/mol. The van der Waals surface area contributed by atoms with Crippen molar-refractivity contribution in [1.29, 1.82) is 0 Å². The Morgan fingerprint density at radius 3 is 1.33 bits per heavy atom. The average molecular weight is 577 g/mol. The van der Waals surface area contributed by atoms with Gasteiger partial charge < -0.3 is 4.90 Å². The van der Waals surface area contributed by atoms with Crippen LogP contribution in [0.3, 0.4) is 0 Å². The molecule has 0 radical (unpaired) electrons. The molecule has 0 atom stereocenters. The summed E-state index contributed by atoms with van der Waals surface area (Å²) in [7, 11) is 4.00. The van der Waals surface area contributed by atoms with Crippen molar-refractivity contribution in [3.63, 3.8) is 0 Å². The maximum atomic E-state index is 13.3. The van der Waals surface area contributed by atoms with Gasteiger partial charge in [-0.25, -0.2) is 0 Å². The van der Waals surface area contributed by atoms with Gasteiger partial charge in [0.2, 0.25) is 0 Å². The summed E-state index contributed by atoms with van der Waals surface area (Å²) in [6.45, 7) is 6.73. The first-order chi connectivity index (χ1) is 20.6. The van der Waals surface area contributed by atoms with E-state index in [4.69, 9.17) is 0 Å². The van der Waals surface area contributed by atoms with Crippen LogP contribution in [0.15, 0.2) is 72.8 Å². The van der Waals surface area contributed by atoms with Crippen molar-refractivity contribution in [3.8, 4) is 0 Å². The van der Waals surface area contributed by atoms with Crippen molar-refractivity contribution in [2.75, 3.05) is 46.8 Å². The van der Waals surface area contributed by atoms with Crippen LogP contribution in [0.1, 0.15) is 61.7 Å². The van der Waals surface area contributed by atoms with E-state index in [1.807, 2.05) is 62.6 Å². The molecule has 43 heavy (non-hydrogen) atoms. The van der Waals surface area contributed by atoms with E-state index in [0.717, 1.165) is 34.5 Å². The number of nitrogens with zero attached hydrogens (tertiary/aromatic N) is 4. The third-order valence-corrected chi connectivity index (χ3v) is 9.21. The first-order valence-electron chi connectivity index (χ1n) is 14.7. The van der Waals surface area contributed by atoms with Gasteiger partial charge in [-0.15, -0.1) is 0 Å². The molecule has 4 aromatic carbocycles. The van der Waals surface area contributed by atoms with E-state index in [2.05, 4.69) is 23.6 Å². The summed E-state index contributed by atoms with van der Waals surface area (Å²) >= 11 is 0.